The number of hydrogen-bond donors (Lipinski definition) is 1. The predicted molar refractivity (Wildman–Crippen MR) is 62.2 cm³/mol. The summed E-state index contributed by atoms with van der Waals surface area (Å²) in [5.74, 6) is -0.271. The van der Waals surface area contributed by atoms with Gasteiger partial charge in [0.15, 0.2) is 5.78 Å². The molecule has 0 amide bonds. The average Bonchev–Trinajstić information content (AvgIpc) is 2.39. The van der Waals surface area contributed by atoms with Crippen LogP contribution in [0.4, 0.5) is 0 Å². The molecule has 0 spiro atoms. The summed E-state index contributed by atoms with van der Waals surface area (Å²) in [5.41, 5.74) is 1.15. The molecule has 1 atom stereocenters. The van der Waals surface area contributed by atoms with Crippen LogP contribution in [0.1, 0.15) is 22.0 Å². The van der Waals surface area contributed by atoms with Gasteiger partial charge < -0.3 is 5.11 Å². The molecule has 0 fully saturated rings. The second-order valence-electron chi connectivity index (χ2n) is 3.54. The third-order valence-corrected chi connectivity index (χ3v) is 2.42. The van der Waals surface area contributed by atoms with E-state index in [0.717, 1.165) is 0 Å². The number of Topliss-reactive ketones (excluding diaryl/α,β-unsaturated/α-hetero) is 1. The van der Waals surface area contributed by atoms with Crippen molar-refractivity contribution < 1.29 is 27.0 Å². The van der Waals surface area contributed by atoms with E-state index in [9.17, 15) is 9.90 Å². The number of carbonyl (C=O) groups excluding carboxylic acids is 1. The Morgan fingerprint density at radius 3 is 1.88 bits per heavy atom. The van der Waals surface area contributed by atoms with Gasteiger partial charge >= 0.3 is 0 Å². The fourth-order valence-corrected chi connectivity index (χ4v) is 1.55. The number of aliphatic hydroxyl groups is 1. The van der Waals surface area contributed by atoms with Crippen LogP contribution in [-0.4, -0.2) is 10.9 Å². The Morgan fingerprint density at radius 2 is 1.35 bits per heavy atom. The molecule has 1 radical (unpaired) electrons. The van der Waals surface area contributed by atoms with Crippen LogP contribution in [-0.2, 0) is 17.1 Å². The molecule has 1 unspecified atom stereocenters. The van der Waals surface area contributed by atoms with Gasteiger partial charge in [0, 0.05) is 22.6 Å². The third kappa shape index (κ3) is 3.27. The molecule has 2 aromatic carbocycles. The molecule has 0 heterocycles. The van der Waals surface area contributed by atoms with Crippen LogP contribution < -0.4 is 0 Å². The second kappa shape index (κ2) is 6.36. The van der Waals surface area contributed by atoms with Gasteiger partial charge in [0.2, 0.25) is 0 Å². The van der Waals surface area contributed by atoms with Gasteiger partial charge in [0.1, 0.15) is 6.10 Å². The molecular formula is C14H12CuO2. The quantitative estimate of drug-likeness (QED) is 0.691. The summed E-state index contributed by atoms with van der Waals surface area (Å²) in [7, 11) is 0. The Bertz CT molecular complexity index is 468. The number of rotatable bonds is 3. The van der Waals surface area contributed by atoms with Crippen LogP contribution in [0, 0.1) is 0 Å². The molecule has 0 aliphatic rings. The van der Waals surface area contributed by atoms with Gasteiger partial charge in [-0.25, -0.2) is 0 Å². The van der Waals surface area contributed by atoms with Gasteiger partial charge in [-0.1, -0.05) is 60.7 Å². The van der Waals surface area contributed by atoms with Gasteiger partial charge in [-0.2, -0.15) is 0 Å². The maximum Gasteiger partial charge on any atom is 0.195 e. The molecule has 0 saturated carbocycles. The summed E-state index contributed by atoms with van der Waals surface area (Å²) >= 11 is 0. The van der Waals surface area contributed by atoms with Crippen molar-refractivity contribution in [3.63, 3.8) is 0 Å². The van der Waals surface area contributed by atoms with E-state index in [1.54, 1.807) is 48.5 Å². The van der Waals surface area contributed by atoms with Crippen LogP contribution in [0.15, 0.2) is 60.7 Å². The minimum Gasteiger partial charge on any atom is -0.380 e. The van der Waals surface area contributed by atoms with Crippen molar-refractivity contribution in [1.82, 2.24) is 0 Å². The van der Waals surface area contributed by atoms with Crippen molar-refractivity contribution in [3.05, 3.63) is 71.8 Å². The van der Waals surface area contributed by atoms with E-state index in [2.05, 4.69) is 0 Å². The summed E-state index contributed by atoms with van der Waals surface area (Å²) in [4.78, 5) is 11.9. The number of hydrogen-bond acceptors (Lipinski definition) is 2. The van der Waals surface area contributed by atoms with Crippen molar-refractivity contribution in [2.24, 2.45) is 0 Å². The van der Waals surface area contributed by atoms with E-state index < -0.39 is 6.10 Å². The number of aliphatic hydroxyl groups excluding tert-OH is 1. The third-order valence-electron chi connectivity index (χ3n) is 2.42. The summed E-state index contributed by atoms with van der Waals surface area (Å²) in [5, 5.41) is 9.89. The molecule has 0 saturated heterocycles. The first kappa shape index (κ1) is 13.7. The Labute approximate surface area is 111 Å². The van der Waals surface area contributed by atoms with E-state index in [4.69, 9.17) is 0 Å². The fraction of sp³-hybridized carbons (Fsp3) is 0.0714. The molecule has 2 nitrogen and oxygen atoms in total. The van der Waals surface area contributed by atoms with Gasteiger partial charge in [-0.05, 0) is 5.56 Å². The zero-order valence-electron chi connectivity index (χ0n) is 9.01. The van der Waals surface area contributed by atoms with E-state index in [1.165, 1.54) is 0 Å². The SMILES string of the molecule is O=C(c1ccccc1)C(O)c1ccccc1.[Cu]. The molecule has 91 valence electrons. The van der Waals surface area contributed by atoms with Crippen molar-refractivity contribution in [2.45, 2.75) is 6.10 Å². The summed E-state index contributed by atoms with van der Waals surface area (Å²) in [6.07, 6.45) is -1.08. The van der Waals surface area contributed by atoms with Gasteiger partial charge in [-0.3, -0.25) is 4.79 Å². The molecular weight excluding hydrogens is 264 g/mol. The van der Waals surface area contributed by atoms with Gasteiger partial charge in [0.25, 0.3) is 0 Å². The second-order valence-corrected chi connectivity index (χ2v) is 3.54. The molecule has 3 heteroatoms. The fourth-order valence-electron chi connectivity index (χ4n) is 1.55. The van der Waals surface area contributed by atoms with E-state index in [-0.39, 0.29) is 22.9 Å². The molecule has 0 aromatic heterocycles. The van der Waals surface area contributed by atoms with Crippen LogP contribution in [0.2, 0.25) is 0 Å². The van der Waals surface area contributed by atoms with E-state index in [0.29, 0.717) is 11.1 Å². The summed E-state index contributed by atoms with van der Waals surface area (Å²) in [6, 6.07) is 17.7. The minimum absolute atomic E-state index is 0. The Hall–Kier alpha value is -1.41. The molecule has 17 heavy (non-hydrogen) atoms. The summed E-state index contributed by atoms with van der Waals surface area (Å²) in [6.45, 7) is 0. The van der Waals surface area contributed by atoms with Crippen LogP contribution >= 0.6 is 0 Å². The molecule has 0 aliphatic carbocycles. The van der Waals surface area contributed by atoms with Crippen molar-refractivity contribution in [1.29, 1.82) is 0 Å². The molecule has 2 aromatic rings. The standard InChI is InChI=1S/C14H12O2.Cu/c15-13(11-7-3-1-4-8-11)14(16)12-9-5-2-6-10-12;/h1-10,13,15H;. The van der Waals surface area contributed by atoms with Gasteiger partial charge in [0.05, 0.1) is 0 Å². The minimum atomic E-state index is -1.08. The average molecular weight is 276 g/mol. The first-order valence-corrected chi connectivity index (χ1v) is 5.11. The number of ketones is 1. The zero-order chi connectivity index (χ0) is 11.4. The smallest absolute Gasteiger partial charge is 0.195 e. The van der Waals surface area contributed by atoms with E-state index >= 15 is 0 Å². The van der Waals surface area contributed by atoms with Crippen LogP contribution in [0.5, 0.6) is 0 Å². The summed E-state index contributed by atoms with van der Waals surface area (Å²) < 4.78 is 0. The predicted octanol–water partition coefficient (Wildman–Crippen LogP) is 2.60. The normalized spacial score (nSPS) is 11.4. The maximum atomic E-state index is 11.9. The van der Waals surface area contributed by atoms with E-state index in [1.807, 2.05) is 12.1 Å². The Balaban J connectivity index is 0.00000144. The Morgan fingerprint density at radius 1 is 0.882 bits per heavy atom. The van der Waals surface area contributed by atoms with Crippen LogP contribution in [0.25, 0.3) is 0 Å². The van der Waals surface area contributed by atoms with Crippen LogP contribution in [0.3, 0.4) is 0 Å². The Kier molecular flexibility index (Phi) is 5.10. The first-order valence-electron chi connectivity index (χ1n) is 5.11. The zero-order valence-corrected chi connectivity index (χ0v) is 9.95. The maximum absolute atomic E-state index is 11.9. The number of benzene rings is 2. The molecule has 0 bridgehead atoms. The molecule has 0 aliphatic heterocycles. The van der Waals surface area contributed by atoms with Gasteiger partial charge in [-0.15, -0.1) is 0 Å². The molecule has 1 N–H and O–H groups in total. The van der Waals surface area contributed by atoms with Crippen molar-refractivity contribution in [3.8, 4) is 0 Å². The van der Waals surface area contributed by atoms with Crippen molar-refractivity contribution >= 4 is 5.78 Å². The molecule has 2 rings (SSSR count). The topological polar surface area (TPSA) is 37.3 Å². The monoisotopic (exact) mass is 275 g/mol. The first-order chi connectivity index (χ1) is 7.79. The largest absolute Gasteiger partial charge is 0.380 e. The number of carbonyl (C=O) groups is 1. The van der Waals surface area contributed by atoms with Crippen molar-refractivity contribution in [2.75, 3.05) is 0 Å².